The van der Waals surface area contributed by atoms with Crippen LogP contribution in [-0.2, 0) is 11.3 Å². The Labute approximate surface area is 149 Å². The van der Waals surface area contributed by atoms with E-state index < -0.39 is 5.91 Å². The minimum absolute atomic E-state index is 0.00595. The van der Waals surface area contributed by atoms with Crippen LogP contribution in [0.25, 0.3) is 0 Å². The summed E-state index contributed by atoms with van der Waals surface area (Å²) in [5.74, 6) is 0.322. The summed E-state index contributed by atoms with van der Waals surface area (Å²) < 4.78 is 6.01. The third-order valence-electron chi connectivity index (χ3n) is 3.18. The number of hydrogen-bond acceptors (Lipinski definition) is 4. The molecule has 0 saturated heterocycles. The predicted octanol–water partition coefficient (Wildman–Crippen LogP) is 3.59. The number of benzene rings is 2. The van der Waals surface area contributed by atoms with E-state index >= 15 is 0 Å². The number of rotatable bonds is 6. The minimum atomic E-state index is -0.456. The maximum absolute atomic E-state index is 12.1. The van der Waals surface area contributed by atoms with Crippen molar-refractivity contribution in [1.29, 1.82) is 5.26 Å². The Hall–Kier alpha value is -2.78. The van der Waals surface area contributed by atoms with Crippen LogP contribution in [-0.4, -0.2) is 13.0 Å². The Morgan fingerprint density at radius 1 is 1.21 bits per heavy atom. The van der Waals surface area contributed by atoms with E-state index in [2.05, 4.69) is 26.6 Å². The number of hydrogen-bond donors (Lipinski definition) is 2. The van der Waals surface area contributed by atoms with Gasteiger partial charge in [0.2, 0.25) is 0 Å². The van der Waals surface area contributed by atoms with Crippen molar-refractivity contribution in [1.82, 2.24) is 5.32 Å². The first-order valence-corrected chi connectivity index (χ1v) is 7.95. The van der Waals surface area contributed by atoms with E-state index in [1.165, 1.54) is 6.20 Å². The first-order chi connectivity index (χ1) is 11.6. The second-order valence-corrected chi connectivity index (χ2v) is 5.78. The predicted molar refractivity (Wildman–Crippen MR) is 96.3 cm³/mol. The third kappa shape index (κ3) is 5.14. The monoisotopic (exact) mass is 385 g/mol. The smallest absolute Gasteiger partial charge is 0.267 e. The molecular formula is C18H16BrN3O2. The molecule has 0 fully saturated rings. The van der Waals surface area contributed by atoms with Gasteiger partial charge >= 0.3 is 0 Å². The average Bonchev–Trinajstić information content (AvgIpc) is 2.61. The van der Waals surface area contributed by atoms with Crippen LogP contribution in [0.2, 0.25) is 0 Å². The van der Waals surface area contributed by atoms with Crippen molar-refractivity contribution in [2.75, 3.05) is 12.4 Å². The van der Waals surface area contributed by atoms with Gasteiger partial charge in [0.05, 0.1) is 7.11 Å². The van der Waals surface area contributed by atoms with E-state index in [-0.39, 0.29) is 5.57 Å². The number of carbonyl (C=O) groups excluding carboxylic acids is 1. The molecular weight excluding hydrogens is 370 g/mol. The quantitative estimate of drug-likeness (QED) is 0.588. The zero-order valence-corrected chi connectivity index (χ0v) is 14.6. The van der Waals surface area contributed by atoms with Gasteiger partial charge in [0.15, 0.2) is 0 Å². The largest absolute Gasteiger partial charge is 0.497 e. The lowest BCUT2D eigenvalue weighted by Crippen LogP contribution is -2.16. The van der Waals surface area contributed by atoms with E-state index in [1.807, 2.05) is 42.5 Å². The standard InChI is InChI=1S/C18H16BrN3O2/c1-24-17-8-2-13(3-9-17)11-21-12-14(10-20)18(23)22-16-6-4-15(19)5-7-16/h2-9,12,21H,11H2,1H3,(H,22,23)/b14-12-. The summed E-state index contributed by atoms with van der Waals surface area (Å²) in [7, 11) is 1.61. The Morgan fingerprint density at radius 2 is 1.88 bits per heavy atom. The van der Waals surface area contributed by atoms with Crippen molar-refractivity contribution in [2.24, 2.45) is 0 Å². The fourth-order valence-corrected chi connectivity index (χ4v) is 2.16. The molecule has 122 valence electrons. The Bertz CT molecular complexity index is 762. The van der Waals surface area contributed by atoms with E-state index in [9.17, 15) is 4.79 Å². The molecule has 0 heterocycles. The van der Waals surface area contributed by atoms with Gasteiger partial charge in [0.25, 0.3) is 5.91 Å². The van der Waals surface area contributed by atoms with E-state index in [0.717, 1.165) is 15.8 Å². The molecule has 1 amide bonds. The molecule has 0 aliphatic rings. The summed E-state index contributed by atoms with van der Waals surface area (Å²) in [6, 6.07) is 16.6. The number of ether oxygens (including phenoxy) is 1. The Balaban J connectivity index is 1.93. The molecule has 0 aliphatic heterocycles. The van der Waals surface area contributed by atoms with Gasteiger partial charge < -0.3 is 15.4 Å². The number of carbonyl (C=O) groups is 1. The van der Waals surface area contributed by atoms with E-state index in [0.29, 0.717) is 12.2 Å². The molecule has 0 atom stereocenters. The molecule has 24 heavy (non-hydrogen) atoms. The highest BCUT2D eigenvalue weighted by Gasteiger charge is 2.09. The zero-order valence-electron chi connectivity index (χ0n) is 13.0. The Kier molecular flexibility index (Phi) is 6.41. The number of nitriles is 1. The molecule has 0 saturated carbocycles. The summed E-state index contributed by atoms with van der Waals surface area (Å²) in [5.41, 5.74) is 1.64. The molecule has 0 radical (unpaired) electrons. The van der Waals surface area contributed by atoms with Gasteiger partial charge in [0.1, 0.15) is 17.4 Å². The number of amides is 1. The molecule has 2 aromatic carbocycles. The van der Waals surface area contributed by atoms with Crippen LogP contribution >= 0.6 is 15.9 Å². The molecule has 0 aromatic heterocycles. The van der Waals surface area contributed by atoms with Gasteiger partial charge in [-0.05, 0) is 42.0 Å². The van der Waals surface area contributed by atoms with Crippen molar-refractivity contribution in [2.45, 2.75) is 6.54 Å². The molecule has 6 heteroatoms. The van der Waals surface area contributed by atoms with Gasteiger partial charge in [-0.25, -0.2) is 0 Å². The number of nitrogens with zero attached hydrogens (tertiary/aromatic N) is 1. The molecule has 5 nitrogen and oxygen atoms in total. The summed E-state index contributed by atoms with van der Waals surface area (Å²) in [6.45, 7) is 0.501. The number of anilines is 1. The molecule has 0 unspecified atom stereocenters. The molecule has 2 rings (SSSR count). The fourth-order valence-electron chi connectivity index (χ4n) is 1.89. The third-order valence-corrected chi connectivity index (χ3v) is 3.71. The highest BCUT2D eigenvalue weighted by atomic mass is 79.9. The van der Waals surface area contributed by atoms with Crippen molar-refractivity contribution in [3.8, 4) is 11.8 Å². The molecule has 0 aliphatic carbocycles. The van der Waals surface area contributed by atoms with Gasteiger partial charge in [-0.1, -0.05) is 28.1 Å². The van der Waals surface area contributed by atoms with Crippen molar-refractivity contribution in [3.05, 3.63) is 70.3 Å². The summed E-state index contributed by atoms with van der Waals surface area (Å²) >= 11 is 3.33. The second kappa shape index (κ2) is 8.75. The summed E-state index contributed by atoms with van der Waals surface area (Å²) in [4.78, 5) is 12.1. The van der Waals surface area contributed by atoms with Gasteiger partial charge in [-0.3, -0.25) is 4.79 Å². The molecule has 0 spiro atoms. The van der Waals surface area contributed by atoms with Crippen LogP contribution in [0.4, 0.5) is 5.69 Å². The maximum Gasteiger partial charge on any atom is 0.267 e. The normalized spacial score (nSPS) is 10.6. The first kappa shape index (κ1) is 17.6. The number of halogens is 1. The van der Waals surface area contributed by atoms with Crippen LogP contribution in [0.15, 0.2) is 64.8 Å². The van der Waals surface area contributed by atoms with E-state index in [4.69, 9.17) is 10.00 Å². The number of methoxy groups -OCH3 is 1. The molecule has 0 bridgehead atoms. The van der Waals surface area contributed by atoms with Crippen molar-refractivity contribution < 1.29 is 9.53 Å². The Morgan fingerprint density at radius 3 is 2.46 bits per heavy atom. The lowest BCUT2D eigenvalue weighted by Gasteiger charge is -2.06. The minimum Gasteiger partial charge on any atom is -0.497 e. The van der Waals surface area contributed by atoms with Gasteiger partial charge in [0, 0.05) is 22.9 Å². The maximum atomic E-state index is 12.1. The van der Waals surface area contributed by atoms with Crippen molar-refractivity contribution >= 4 is 27.5 Å². The first-order valence-electron chi connectivity index (χ1n) is 7.16. The van der Waals surface area contributed by atoms with E-state index in [1.54, 1.807) is 19.2 Å². The van der Waals surface area contributed by atoms with Crippen LogP contribution in [0, 0.1) is 11.3 Å². The molecule has 2 aromatic rings. The van der Waals surface area contributed by atoms with Crippen molar-refractivity contribution in [3.63, 3.8) is 0 Å². The van der Waals surface area contributed by atoms with Gasteiger partial charge in [-0.2, -0.15) is 5.26 Å². The highest BCUT2D eigenvalue weighted by molar-refractivity contribution is 9.10. The average molecular weight is 386 g/mol. The zero-order chi connectivity index (χ0) is 17.4. The molecule has 2 N–H and O–H groups in total. The topological polar surface area (TPSA) is 74.1 Å². The summed E-state index contributed by atoms with van der Waals surface area (Å²) in [6.07, 6.45) is 1.42. The fraction of sp³-hybridized carbons (Fsp3) is 0.111. The lowest BCUT2D eigenvalue weighted by atomic mass is 10.2. The SMILES string of the molecule is COc1ccc(CN/C=C(/C#N)C(=O)Nc2ccc(Br)cc2)cc1. The van der Waals surface area contributed by atoms with Crippen LogP contribution in [0.5, 0.6) is 5.75 Å². The summed E-state index contributed by atoms with van der Waals surface area (Å²) in [5, 5.41) is 14.8. The second-order valence-electron chi connectivity index (χ2n) is 4.86. The van der Waals surface area contributed by atoms with Crippen LogP contribution < -0.4 is 15.4 Å². The lowest BCUT2D eigenvalue weighted by molar-refractivity contribution is -0.112. The van der Waals surface area contributed by atoms with Gasteiger partial charge in [-0.15, -0.1) is 0 Å². The van der Waals surface area contributed by atoms with Crippen LogP contribution in [0.3, 0.4) is 0 Å². The highest BCUT2D eigenvalue weighted by Crippen LogP contribution is 2.15. The number of nitrogens with one attached hydrogen (secondary N) is 2. The van der Waals surface area contributed by atoms with Crippen LogP contribution in [0.1, 0.15) is 5.56 Å².